The maximum absolute atomic E-state index is 13.6. The minimum atomic E-state index is -0.552. The van der Waals surface area contributed by atoms with Crippen LogP contribution in [0.4, 0.5) is 8.78 Å². The SMILES string of the molecule is CC(N)c1ccc(-c2cc(F)c(Br)cc2F)o1. The van der Waals surface area contributed by atoms with Crippen LogP contribution in [0.25, 0.3) is 11.3 Å². The third-order valence-electron chi connectivity index (χ3n) is 2.35. The Morgan fingerprint density at radius 1 is 1.24 bits per heavy atom. The molecule has 0 saturated carbocycles. The molecule has 2 nitrogen and oxygen atoms in total. The summed E-state index contributed by atoms with van der Waals surface area (Å²) in [6.45, 7) is 1.75. The fourth-order valence-electron chi connectivity index (χ4n) is 1.45. The molecule has 0 spiro atoms. The fraction of sp³-hybridized carbons (Fsp3) is 0.167. The predicted octanol–water partition coefficient (Wildman–Crippen LogP) is 4.01. The van der Waals surface area contributed by atoms with Gasteiger partial charge in [-0.05, 0) is 47.1 Å². The van der Waals surface area contributed by atoms with Crippen molar-refractivity contribution in [1.82, 2.24) is 0 Å². The summed E-state index contributed by atoms with van der Waals surface area (Å²) < 4.78 is 32.4. The Hall–Kier alpha value is -1.20. The number of nitrogens with two attached hydrogens (primary N) is 1. The van der Waals surface area contributed by atoms with Crippen LogP contribution in [-0.2, 0) is 0 Å². The van der Waals surface area contributed by atoms with Crippen LogP contribution in [0.15, 0.2) is 33.2 Å². The number of hydrogen-bond acceptors (Lipinski definition) is 2. The van der Waals surface area contributed by atoms with Crippen LogP contribution in [0.1, 0.15) is 18.7 Å². The number of furan rings is 1. The lowest BCUT2D eigenvalue weighted by atomic mass is 10.1. The van der Waals surface area contributed by atoms with E-state index < -0.39 is 11.6 Å². The van der Waals surface area contributed by atoms with Gasteiger partial charge in [0, 0.05) is 0 Å². The number of rotatable bonds is 2. The average Bonchev–Trinajstić information content (AvgIpc) is 2.72. The molecule has 0 saturated heterocycles. The lowest BCUT2D eigenvalue weighted by Gasteiger charge is -2.03. The highest BCUT2D eigenvalue weighted by molar-refractivity contribution is 9.10. The van der Waals surface area contributed by atoms with E-state index in [1.54, 1.807) is 19.1 Å². The zero-order valence-electron chi connectivity index (χ0n) is 9.01. The largest absolute Gasteiger partial charge is 0.459 e. The van der Waals surface area contributed by atoms with Crippen LogP contribution in [0.2, 0.25) is 0 Å². The van der Waals surface area contributed by atoms with Gasteiger partial charge in [-0.25, -0.2) is 8.78 Å². The Morgan fingerprint density at radius 3 is 2.53 bits per heavy atom. The van der Waals surface area contributed by atoms with Gasteiger partial charge in [0.05, 0.1) is 16.1 Å². The third kappa shape index (κ3) is 2.40. The van der Waals surface area contributed by atoms with Crippen molar-refractivity contribution in [1.29, 1.82) is 0 Å². The molecule has 0 aliphatic carbocycles. The van der Waals surface area contributed by atoms with Gasteiger partial charge in [0.15, 0.2) is 0 Å². The normalized spacial score (nSPS) is 12.8. The Labute approximate surface area is 106 Å². The van der Waals surface area contributed by atoms with Crippen molar-refractivity contribution in [2.75, 3.05) is 0 Å². The van der Waals surface area contributed by atoms with E-state index in [-0.39, 0.29) is 21.8 Å². The molecule has 5 heteroatoms. The quantitative estimate of drug-likeness (QED) is 0.851. The zero-order valence-corrected chi connectivity index (χ0v) is 10.6. The molecule has 1 unspecified atom stereocenters. The lowest BCUT2D eigenvalue weighted by Crippen LogP contribution is -2.02. The molecule has 0 aliphatic rings. The Morgan fingerprint density at radius 2 is 1.94 bits per heavy atom. The highest BCUT2D eigenvalue weighted by atomic mass is 79.9. The summed E-state index contributed by atoms with van der Waals surface area (Å²) in [5.41, 5.74) is 5.71. The maximum Gasteiger partial charge on any atom is 0.138 e. The zero-order chi connectivity index (χ0) is 12.6. The number of hydrogen-bond donors (Lipinski definition) is 1. The summed E-state index contributed by atoms with van der Waals surface area (Å²) in [6, 6.07) is 5.10. The molecule has 0 amide bonds. The fourth-order valence-corrected chi connectivity index (χ4v) is 1.77. The molecule has 2 rings (SSSR count). The molecule has 0 fully saturated rings. The molecule has 1 aromatic carbocycles. The second kappa shape index (κ2) is 4.58. The van der Waals surface area contributed by atoms with Gasteiger partial charge in [-0.15, -0.1) is 0 Å². The molecule has 2 N–H and O–H groups in total. The monoisotopic (exact) mass is 301 g/mol. The van der Waals surface area contributed by atoms with Crippen molar-refractivity contribution in [3.63, 3.8) is 0 Å². The van der Waals surface area contributed by atoms with Gasteiger partial charge in [-0.3, -0.25) is 0 Å². The van der Waals surface area contributed by atoms with Crippen LogP contribution in [0.5, 0.6) is 0 Å². The van der Waals surface area contributed by atoms with Crippen molar-refractivity contribution in [2.24, 2.45) is 5.73 Å². The molecule has 2 aromatic rings. The first kappa shape index (κ1) is 12.3. The smallest absolute Gasteiger partial charge is 0.138 e. The molecule has 0 radical (unpaired) electrons. The minimum absolute atomic E-state index is 0.0811. The molecule has 90 valence electrons. The van der Waals surface area contributed by atoms with E-state index in [0.29, 0.717) is 5.76 Å². The summed E-state index contributed by atoms with van der Waals surface area (Å²) in [7, 11) is 0. The number of benzene rings is 1. The maximum atomic E-state index is 13.6. The van der Waals surface area contributed by atoms with Gasteiger partial charge >= 0.3 is 0 Å². The van der Waals surface area contributed by atoms with Crippen LogP contribution in [0.3, 0.4) is 0 Å². The van der Waals surface area contributed by atoms with Crippen molar-refractivity contribution in [3.8, 4) is 11.3 Å². The van der Waals surface area contributed by atoms with E-state index in [1.807, 2.05) is 0 Å². The second-order valence-electron chi connectivity index (χ2n) is 3.74. The minimum Gasteiger partial charge on any atom is -0.459 e. The molecule has 1 heterocycles. The van der Waals surface area contributed by atoms with Crippen LogP contribution >= 0.6 is 15.9 Å². The van der Waals surface area contributed by atoms with Gasteiger partial charge in [0.1, 0.15) is 23.2 Å². The molecule has 0 aliphatic heterocycles. The summed E-state index contributed by atoms with van der Waals surface area (Å²) in [5.74, 6) is -0.298. The Bertz CT molecular complexity index is 551. The number of halogens is 3. The Balaban J connectivity index is 2.49. The molecular weight excluding hydrogens is 292 g/mol. The first-order valence-electron chi connectivity index (χ1n) is 4.99. The summed E-state index contributed by atoms with van der Waals surface area (Å²) in [4.78, 5) is 0. The third-order valence-corrected chi connectivity index (χ3v) is 2.96. The summed E-state index contributed by atoms with van der Waals surface area (Å²) in [6.07, 6.45) is 0. The summed E-state index contributed by atoms with van der Waals surface area (Å²) in [5, 5.41) is 0. The van der Waals surface area contributed by atoms with Crippen molar-refractivity contribution in [2.45, 2.75) is 13.0 Å². The molecule has 17 heavy (non-hydrogen) atoms. The van der Waals surface area contributed by atoms with Gasteiger partial charge in [-0.1, -0.05) is 0 Å². The van der Waals surface area contributed by atoms with Crippen LogP contribution < -0.4 is 5.73 Å². The van der Waals surface area contributed by atoms with Crippen molar-refractivity contribution in [3.05, 3.63) is 46.1 Å². The van der Waals surface area contributed by atoms with Crippen molar-refractivity contribution >= 4 is 15.9 Å². The topological polar surface area (TPSA) is 39.2 Å². The van der Waals surface area contributed by atoms with Gasteiger partial charge in [-0.2, -0.15) is 0 Å². The van der Waals surface area contributed by atoms with E-state index >= 15 is 0 Å². The predicted molar refractivity (Wildman–Crippen MR) is 64.4 cm³/mol. The highest BCUT2D eigenvalue weighted by Gasteiger charge is 2.14. The molecule has 1 atom stereocenters. The second-order valence-corrected chi connectivity index (χ2v) is 4.59. The van der Waals surface area contributed by atoms with E-state index in [1.165, 1.54) is 0 Å². The first-order chi connectivity index (χ1) is 7.99. The molecular formula is C12H10BrF2NO. The lowest BCUT2D eigenvalue weighted by molar-refractivity contribution is 0.486. The highest BCUT2D eigenvalue weighted by Crippen LogP contribution is 2.30. The van der Waals surface area contributed by atoms with Gasteiger partial charge in [0.25, 0.3) is 0 Å². The van der Waals surface area contributed by atoms with Crippen LogP contribution in [-0.4, -0.2) is 0 Å². The van der Waals surface area contributed by atoms with Crippen molar-refractivity contribution < 1.29 is 13.2 Å². The average molecular weight is 302 g/mol. The van der Waals surface area contributed by atoms with E-state index in [4.69, 9.17) is 10.2 Å². The molecule has 0 bridgehead atoms. The first-order valence-corrected chi connectivity index (χ1v) is 5.78. The summed E-state index contributed by atoms with van der Waals surface area (Å²) >= 11 is 2.92. The van der Waals surface area contributed by atoms with E-state index in [0.717, 1.165) is 12.1 Å². The molecule has 1 aromatic heterocycles. The van der Waals surface area contributed by atoms with E-state index in [2.05, 4.69) is 15.9 Å². The van der Waals surface area contributed by atoms with E-state index in [9.17, 15) is 8.78 Å². The van der Waals surface area contributed by atoms with Crippen LogP contribution in [0, 0.1) is 11.6 Å². The van der Waals surface area contributed by atoms with Gasteiger partial charge < -0.3 is 10.2 Å². The van der Waals surface area contributed by atoms with Gasteiger partial charge in [0.2, 0.25) is 0 Å². The standard InChI is InChI=1S/C12H10BrF2NO/c1-6(16)11-2-3-12(17-11)7-4-10(15)8(13)5-9(7)14/h2-6H,16H2,1H3. The Kier molecular flexibility index (Phi) is 3.31.